The van der Waals surface area contributed by atoms with Gasteiger partial charge >= 0.3 is 0 Å². The van der Waals surface area contributed by atoms with E-state index >= 15 is 0 Å². The zero-order valence-electron chi connectivity index (χ0n) is 12.0. The second-order valence-electron chi connectivity index (χ2n) is 4.86. The molecule has 1 aliphatic heterocycles. The van der Waals surface area contributed by atoms with E-state index in [1.807, 2.05) is 0 Å². The Morgan fingerprint density at radius 1 is 1.32 bits per heavy atom. The van der Waals surface area contributed by atoms with Crippen molar-refractivity contribution in [3.8, 4) is 0 Å². The standard InChI is InChI=1S/C13H16Cl2N2O4S/c1-22(19,20)17(12-3-2-10(14)8-11(12)15)9-13(18)16-4-6-21-7-5-16/h2-3,8H,4-7,9H2,1H3. The summed E-state index contributed by atoms with van der Waals surface area (Å²) >= 11 is 11.9. The first kappa shape index (κ1) is 17.3. The molecule has 1 aromatic rings. The predicted molar refractivity (Wildman–Crippen MR) is 86.1 cm³/mol. The van der Waals surface area contributed by atoms with Crippen molar-refractivity contribution >= 4 is 44.8 Å². The van der Waals surface area contributed by atoms with Crippen LogP contribution in [0.1, 0.15) is 0 Å². The van der Waals surface area contributed by atoms with Crippen molar-refractivity contribution in [1.29, 1.82) is 0 Å². The van der Waals surface area contributed by atoms with Gasteiger partial charge < -0.3 is 9.64 Å². The first-order chi connectivity index (χ1) is 10.3. The Kier molecular flexibility index (Phi) is 5.55. The number of morpholine rings is 1. The highest BCUT2D eigenvalue weighted by molar-refractivity contribution is 7.92. The summed E-state index contributed by atoms with van der Waals surface area (Å²) in [6.07, 6.45) is 1.03. The number of hydrogen-bond acceptors (Lipinski definition) is 4. The molecule has 0 saturated carbocycles. The Morgan fingerprint density at radius 3 is 2.50 bits per heavy atom. The Hall–Kier alpha value is -1.02. The van der Waals surface area contributed by atoms with Gasteiger partial charge in [0.05, 0.1) is 30.2 Å². The normalized spacial score (nSPS) is 15.7. The monoisotopic (exact) mass is 366 g/mol. The SMILES string of the molecule is CS(=O)(=O)N(CC(=O)N1CCOCC1)c1ccc(Cl)cc1Cl. The molecule has 0 unspecified atom stereocenters. The van der Waals surface area contributed by atoms with Gasteiger partial charge in [-0.1, -0.05) is 23.2 Å². The van der Waals surface area contributed by atoms with Gasteiger partial charge in [-0.3, -0.25) is 9.10 Å². The highest BCUT2D eigenvalue weighted by Crippen LogP contribution is 2.30. The summed E-state index contributed by atoms with van der Waals surface area (Å²) in [6, 6.07) is 4.45. The molecule has 0 atom stereocenters. The van der Waals surface area contributed by atoms with Gasteiger partial charge in [0, 0.05) is 18.1 Å². The smallest absolute Gasteiger partial charge is 0.243 e. The number of benzene rings is 1. The van der Waals surface area contributed by atoms with Crippen LogP contribution in [0.15, 0.2) is 18.2 Å². The first-order valence-corrected chi connectivity index (χ1v) is 9.18. The lowest BCUT2D eigenvalue weighted by Gasteiger charge is -2.30. The number of ether oxygens (including phenoxy) is 1. The van der Waals surface area contributed by atoms with Crippen molar-refractivity contribution in [2.45, 2.75) is 0 Å². The third-order valence-corrected chi connectivity index (χ3v) is 4.89. The number of rotatable bonds is 4. The molecule has 0 spiro atoms. The van der Waals surface area contributed by atoms with Crippen LogP contribution in [-0.2, 0) is 19.6 Å². The van der Waals surface area contributed by atoms with E-state index in [1.165, 1.54) is 18.2 Å². The topological polar surface area (TPSA) is 66.9 Å². The van der Waals surface area contributed by atoms with E-state index < -0.39 is 10.0 Å². The average Bonchev–Trinajstić information content (AvgIpc) is 2.45. The molecule has 6 nitrogen and oxygen atoms in total. The van der Waals surface area contributed by atoms with Crippen molar-refractivity contribution in [3.63, 3.8) is 0 Å². The average molecular weight is 367 g/mol. The molecule has 0 aliphatic carbocycles. The van der Waals surface area contributed by atoms with Gasteiger partial charge in [-0.25, -0.2) is 8.42 Å². The summed E-state index contributed by atoms with van der Waals surface area (Å²) in [5, 5.41) is 0.564. The first-order valence-electron chi connectivity index (χ1n) is 6.57. The molecule has 22 heavy (non-hydrogen) atoms. The third kappa shape index (κ3) is 4.25. The molecule has 0 aromatic heterocycles. The van der Waals surface area contributed by atoms with E-state index in [0.717, 1.165) is 10.6 Å². The van der Waals surface area contributed by atoms with Crippen LogP contribution in [0.4, 0.5) is 5.69 Å². The van der Waals surface area contributed by atoms with E-state index in [4.69, 9.17) is 27.9 Å². The molecule has 0 radical (unpaired) electrons. The molecule has 2 rings (SSSR count). The highest BCUT2D eigenvalue weighted by atomic mass is 35.5. The number of carbonyl (C=O) groups excluding carboxylic acids is 1. The Bertz CT molecular complexity index is 660. The van der Waals surface area contributed by atoms with Gasteiger partial charge in [-0.15, -0.1) is 0 Å². The van der Waals surface area contributed by atoms with Crippen LogP contribution in [0.3, 0.4) is 0 Å². The van der Waals surface area contributed by atoms with E-state index in [0.29, 0.717) is 31.3 Å². The lowest BCUT2D eigenvalue weighted by atomic mass is 10.3. The summed E-state index contributed by atoms with van der Waals surface area (Å²) in [5.41, 5.74) is 0.232. The maximum Gasteiger partial charge on any atom is 0.243 e. The molecule has 1 heterocycles. The van der Waals surface area contributed by atoms with Gasteiger partial charge in [0.1, 0.15) is 6.54 Å². The molecule has 0 bridgehead atoms. The molecule has 9 heteroatoms. The summed E-state index contributed by atoms with van der Waals surface area (Å²) < 4.78 is 30.2. The number of anilines is 1. The van der Waals surface area contributed by atoms with Gasteiger partial charge in [0.2, 0.25) is 15.9 Å². The van der Waals surface area contributed by atoms with Crippen molar-refractivity contribution in [1.82, 2.24) is 4.90 Å². The van der Waals surface area contributed by atoms with Gasteiger partial charge in [-0.05, 0) is 18.2 Å². The van der Waals surface area contributed by atoms with E-state index in [1.54, 1.807) is 4.90 Å². The fourth-order valence-electron chi connectivity index (χ4n) is 2.10. The maximum atomic E-state index is 12.3. The quantitative estimate of drug-likeness (QED) is 0.811. The zero-order chi connectivity index (χ0) is 16.3. The lowest BCUT2D eigenvalue weighted by Crippen LogP contribution is -2.47. The predicted octanol–water partition coefficient (Wildman–Crippen LogP) is 1.62. The summed E-state index contributed by atoms with van der Waals surface area (Å²) in [7, 11) is -3.66. The molecule has 1 fully saturated rings. The number of nitrogens with zero attached hydrogens (tertiary/aromatic N) is 2. The molecular formula is C13H16Cl2N2O4S. The summed E-state index contributed by atoms with van der Waals surface area (Å²) in [4.78, 5) is 13.9. The van der Waals surface area contributed by atoms with Crippen LogP contribution in [0.25, 0.3) is 0 Å². The van der Waals surface area contributed by atoms with Crippen LogP contribution in [0, 0.1) is 0 Å². The number of amides is 1. The minimum atomic E-state index is -3.66. The summed E-state index contributed by atoms with van der Waals surface area (Å²) in [5.74, 6) is -0.292. The Balaban J connectivity index is 2.25. The van der Waals surface area contributed by atoms with Crippen molar-refractivity contribution in [2.24, 2.45) is 0 Å². The molecule has 0 N–H and O–H groups in total. The number of sulfonamides is 1. The molecule has 122 valence electrons. The van der Waals surface area contributed by atoms with E-state index in [9.17, 15) is 13.2 Å². The van der Waals surface area contributed by atoms with E-state index in [2.05, 4.69) is 0 Å². The number of hydrogen-bond donors (Lipinski definition) is 0. The minimum absolute atomic E-state index is 0.174. The largest absolute Gasteiger partial charge is 0.378 e. The third-order valence-electron chi connectivity index (χ3n) is 3.22. The lowest BCUT2D eigenvalue weighted by molar-refractivity contribution is -0.133. The van der Waals surface area contributed by atoms with Crippen LogP contribution in [-0.4, -0.2) is 58.3 Å². The van der Waals surface area contributed by atoms with Crippen molar-refractivity contribution < 1.29 is 17.9 Å². The second-order valence-corrected chi connectivity index (χ2v) is 7.61. The van der Waals surface area contributed by atoms with Crippen LogP contribution >= 0.6 is 23.2 Å². The minimum Gasteiger partial charge on any atom is -0.378 e. The van der Waals surface area contributed by atoms with Gasteiger partial charge in [0.25, 0.3) is 0 Å². The molecule has 1 amide bonds. The van der Waals surface area contributed by atoms with Gasteiger partial charge in [-0.2, -0.15) is 0 Å². The molecule has 1 saturated heterocycles. The van der Waals surface area contributed by atoms with Crippen LogP contribution < -0.4 is 4.31 Å². The number of halogens is 2. The Labute approximate surface area is 139 Å². The second kappa shape index (κ2) is 7.04. The number of carbonyl (C=O) groups is 1. The van der Waals surface area contributed by atoms with Crippen molar-refractivity contribution in [3.05, 3.63) is 28.2 Å². The molecule has 1 aromatic carbocycles. The highest BCUT2D eigenvalue weighted by Gasteiger charge is 2.26. The zero-order valence-corrected chi connectivity index (χ0v) is 14.3. The molecule has 1 aliphatic rings. The Morgan fingerprint density at radius 2 is 1.95 bits per heavy atom. The van der Waals surface area contributed by atoms with E-state index in [-0.39, 0.29) is 23.2 Å². The van der Waals surface area contributed by atoms with Crippen molar-refractivity contribution in [2.75, 3.05) is 43.4 Å². The maximum absolute atomic E-state index is 12.3. The molecular weight excluding hydrogens is 351 g/mol. The fourth-order valence-corrected chi connectivity index (χ4v) is 3.52. The van der Waals surface area contributed by atoms with Gasteiger partial charge in [0.15, 0.2) is 0 Å². The van der Waals surface area contributed by atoms with Crippen LogP contribution in [0.5, 0.6) is 0 Å². The fraction of sp³-hybridized carbons (Fsp3) is 0.462. The van der Waals surface area contributed by atoms with Crippen LogP contribution in [0.2, 0.25) is 10.0 Å². The summed E-state index contributed by atoms with van der Waals surface area (Å²) in [6.45, 7) is 1.49.